The van der Waals surface area contributed by atoms with Crippen molar-refractivity contribution in [1.29, 1.82) is 0 Å². The van der Waals surface area contributed by atoms with Crippen LogP contribution in [-0.4, -0.2) is 10.6 Å². The molecule has 0 spiro atoms. The number of hydrogen-bond acceptors (Lipinski definition) is 2. The smallest absolute Gasteiger partial charge is 0.145 e. The monoisotopic (exact) mass is 259 g/mol. The highest BCUT2D eigenvalue weighted by molar-refractivity contribution is 8.23. The molecule has 0 amide bonds. The first kappa shape index (κ1) is 12.1. The highest BCUT2D eigenvalue weighted by Gasteiger charge is 2.12. The predicted octanol–water partition coefficient (Wildman–Crippen LogP) is 4.47. The molecule has 0 heterocycles. The number of thioether (sulfide) groups is 1. The van der Waals surface area contributed by atoms with Crippen LogP contribution < -0.4 is 4.90 Å². The molecule has 0 N–H and O–H groups in total. The molecule has 0 saturated heterocycles. The van der Waals surface area contributed by atoms with E-state index in [0.717, 1.165) is 15.7 Å². The normalized spacial score (nSPS) is 9.94. The molecule has 0 bridgehead atoms. The largest absolute Gasteiger partial charge is 0.296 e. The Hall–Kier alpha value is -1.32. The van der Waals surface area contributed by atoms with E-state index in [9.17, 15) is 0 Å². The van der Waals surface area contributed by atoms with Gasteiger partial charge in [-0.1, -0.05) is 60.4 Å². The number of para-hydroxylation sites is 2. The summed E-state index contributed by atoms with van der Waals surface area (Å²) in [7, 11) is 0. The molecule has 0 aliphatic rings. The molecule has 0 aliphatic heterocycles. The first-order valence-corrected chi connectivity index (χ1v) is 6.94. The number of benzene rings is 2. The lowest BCUT2D eigenvalue weighted by Crippen LogP contribution is -2.20. The van der Waals surface area contributed by atoms with Crippen LogP contribution in [0.4, 0.5) is 11.4 Å². The van der Waals surface area contributed by atoms with E-state index in [1.165, 1.54) is 0 Å². The fourth-order valence-corrected chi connectivity index (χ4v) is 2.21. The molecule has 0 saturated carbocycles. The molecule has 0 atom stereocenters. The van der Waals surface area contributed by atoms with Crippen molar-refractivity contribution in [2.45, 2.75) is 0 Å². The van der Waals surface area contributed by atoms with E-state index in [4.69, 9.17) is 12.2 Å². The lowest BCUT2D eigenvalue weighted by molar-refractivity contribution is 1.39. The Morgan fingerprint density at radius 2 is 1.29 bits per heavy atom. The van der Waals surface area contributed by atoms with Crippen molar-refractivity contribution in [3.8, 4) is 0 Å². The average Bonchev–Trinajstić information content (AvgIpc) is 2.41. The minimum Gasteiger partial charge on any atom is -0.296 e. The maximum absolute atomic E-state index is 5.43. The van der Waals surface area contributed by atoms with E-state index in [-0.39, 0.29) is 0 Å². The Morgan fingerprint density at radius 3 is 1.65 bits per heavy atom. The van der Waals surface area contributed by atoms with Gasteiger partial charge in [-0.05, 0) is 30.5 Å². The zero-order valence-corrected chi connectivity index (χ0v) is 11.2. The maximum atomic E-state index is 5.43. The third-order valence-corrected chi connectivity index (χ3v) is 3.60. The number of thiocarbonyl (C=S) groups is 1. The van der Waals surface area contributed by atoms with E-state index in [0.29, 0.717) is 0 Å². The lowest BCUT2D eigenvalue weighted by Gasteiger charge is -2.24. The van der Waals surface area contributed by atoms with Crippen LogP contribution in [0.3, 0.4) is 0 Å². The van der Waals surface area contributed by atoms with Crippen molar-refractivity contribution in [2.24, 2.45) is 0 Å². The Kier molecular flexibility index (Phi) is 4.18. The summed E-state index contributed by atoms with van der Waals surface area (Å²) in [6, 6.07) is 20.4. The molecule has 0 unspecified atom stereocenters. The molecule has 0 radical (unpaired) electrons. The van der Waals surface area contributed by atoms with Crippen LogP contribution in [0.1, 0.15) is 0 Å². The second-order valence-electron chi connectivity index (χ2n) is 3.48. The maximum Gasteiger partial charge on any atom is 0.145 e. The van der Waals surface area contributed by atoms with Crippen molar-refractivity contribution < 1.29 is 0 Å². The van der Waals surface area contributed by atoms with Crippen molar-refractivity contribution in [2.75, 3.05) is 11.2 Å². The van der Waals surface area contributed by atoms with Gasteiger partial charge in [0.25, 0.3) is 0 Å². The zero-order valence-electron chi connectivity index (χ0n) is 9.54. The Bertz CT molecular complexity index is 443. The van der Waals surface area contributed by atoms with Crippen LogP contribution in [0.2, 0.25) is 0 Å². The van der Waals surface area contributed by atoms with Gasteiger partial charge in [-0.15, -0.1) is 0 Å². The van der Waals surface area contributed by atoms with Crippen molar-refractivity contribution in [3.63, 3.8) is 0 Å². The van der Waals surface area contributed by atoms with E-state index in [1.807, 2.05) is 42.7 Å². The van der Waals surface area contributed by atoms with Gasteiger partial charge in [0.15, 0.2) is 0 Å². The summed E-state index contributed by atoms with van der Waals surface area (Å²) in [5, 5.41) is 0. The molecular weight excluding hydrogens is 246 g/mol. The summed E-state index contributed by atoms with van der Waals surface area (Å²) >= 11 is 7.01. The standard InChI is InChI=1S/C14H13NS2/c1-17-14(16)15(12-8-4-2-5-9-12)13-10-6-3-7-11-13/h2-11H,1H3. The Morgan fingerprint density at radius 1 is 0.882 bits per heavy atom. The molecule has 17 heavy (non-hydrogen) atoms. The predicted molar refractivity (Wildman–Crippen MR) is 81.1 cm³/mol. The number of anilines is 2. The molecule has 0 aliphatic carbocycles. The molecule has 0 aromatic heterocycles. The van der Waals surface area contributed by atoms with E-state index in [1.54, 1.807) is 11.8 Å². The molecule has 2 aromatic rings. The zero-order chi connectivity index (χ0) is 12.1. The average molecular weight is 259 g/mol. The van der Waals surface area contributed by atoms with Crippen LogP contribution in [-0.2, 0) is 0 Å². The van der Waals surface area contributed by atoms with Crippen LogP contribution in [0, 0.1) is 0 Å². The van der Waals surface area contributed by atoms with Gasteiger partial charge in [-0.3, -0.25) is 4.90 Å². The van der Waals surface area contributed by atoms with Gasteiger partial charge >= 0.3 is 0 Å². The number of rotatable bonds is 2. The third kappa shape index (κ3) is 2.87. The van der Waals surface area contributed by atoms with Gasteiger partial charge < -0.3 is 0 Å². The van der Waals surface area contributed by atoms with Gasteiger partial charge in [0, 0.05) is 11.4 Å². The van der Waals surface area contributed by atoms with Gasteiger partial charge in [0.1, 0.15) is 4.32 Å². The number of nitrogens with zero attached hydrogens (tertiary/aromatic N) is 1. The minimum absolute atomic E-state index is 0.849. The summed E-state index contributed by atoms with van der Waals surface area (Å²) in [4.78, 5) is 2.08. The van der Waals surface area contributed by atoms with Gasteiger partial charge in [0.2, 0.25) is 0 Å². The number of hydrogen-bond donors (Lipinski definition) is 0. The molecule has 2 rings (SSSR count). The van der Waals surface area contributed by atoms with Gasteiger partial charge in [-0.25, -0.2) is 0 Å². The van der Waals surface area contributed by atoms with Crippen molar-refractivity contribution in [1.82, 2.24) is 0 Å². The summed E-state index contributed by atoms with van der Waals surface area (Å²) < 4.78 is 0.849. The summed E-state index contributed by atoms with van der Waals surface area (Å²) in [5.41, 5.74) is 2.19. The van der Waals surface area contributed by atoms with E-state index in [2.05, 4.69) is 29.2 Å². The highest BCUT2D eigenvalue weighted by atomic mass is 32.2. The van der Waals surface area contributed by atoms with Crippen LogP contribution in [0.5, 0.6) is 0 Å². The minimum atomic E-state index is 0.849. The van der Waals surface area contributed by atoms with Crippen LogP contribution >= 0.6 is 24.0 Å². The molecule has 3 heteroatoms. The molecule has 86 valence electrons. The van der Waals surface area contributed by atoms with E-state index >= 15 is 0 Å². The Balaban J connectivity index is 2.43. The topological polar surface area (TPSA) is 3.24 Å². The first-order chi connectivity index (χ1) is 8.33. The molecule has 1 nitrogen and oxygen atoms in total. The summed E-state index contributed by atoms with van der Waals surface area (Å²) in [6.07, 6.45) is 2.00. The summed E-state index contributed by atoms with van der Waals surface area (Å²) in [5.74, 6) is 0. The second kappa shape index (κ2) is 5.84. The lowest BCUT2D eigenvalue weighted by atomic mass is 10.2. The Labute approximate surface area is 111 Å². The van der Waals surface area contributed by atoms with Crippen molar-refractivity contribution in [3.05, 3.63) is 60.7 Å². The molecule has 2 aromatic carbocycles. The third-order valence-electron chi connectivity index (χ3n) is 2.39. The van der Waals surface area contributed by atoms with E-state index < -0.39 is 0 Å². The first-order valence-electron chi connectivity index (χ1n) is 5.31. The fourth-order valence-electron chi connectivity index (χ4n) is 1.61. The highest BCUT2D eigenvalue weighted by Crippen LogP contribution is 2.28. The summed E-state index contributed by atoms with van der Waals surface area (Å²) in [6.45, 7) is 0. The van der Waals surface area contributed by atoms with Gasteiger partial charge in [0.05, 0.1) is 0 Å². The molecule has 0 fully saturated rings. The van der Waals surface area contributed by atoms with Crippen LogP contribution in [0.25, 0.3) is 0 Å². The van der Waals surface area contributed by atoms with Crippen molar-refractivity contribution >= 4 is 39.7 Å². The SMILES string of the molecule is CSC(=S)N(c1ccccc1)c1ccccc1. The van der Waals surface area contributed by atoms with Gasteiger partial charge in [-0.2, -0.15) is 0 Å². The quantitative estimate of drug-likeness (QED) is 0.732. The molecular formula is C14H13NS2. The fraction of sp³-hybridized carbons (Fsp3) is 0.0714. The second-order valence-corrected chi connectivity index (χ2v) is 4.92. The van der Waals surface area contributed by atoms with Crippen LogP contribution in [0.15, 0.2) is 60.7 Å².